The number of ether oxygens (including phenoxy) is 1. The van der Waals surface area contributed by atoms with Crippen molar-refractivity contribution in [2.45, 2.75) is 39.7 Å². The maximum atomic E-state index is 11.2. The average Bonchev–Trinajstić information content (AvgIpc) is 2.63. The molecule has 0 saturated heterocycles. The lowest BCUT2D eigenvalue weighted by Crippen LogP contribution is -2.13. The molecule has 0 aromatic rings. The highest BCUT2D eigenvalue weighted by Gasteiger charge is 2.42. The number of carbonyl (C=O) groups is 1. The van der Waals surface area contributed by atoms with E-state index in [1.165, 1.54) is 0 Å². The van der Waals surface area contributed by atoms with E-state index in [0.717, 1.165) is 12.8 Å². The third-order valence-corrected chi connectivity index (χ3v) is 2.10. The highest BCUT2D eigenvalue weighted by atomic mass is 16.5. The van der Waals surface area contributed by atoms with Crippen LogP contribution < -0.4 is 0 Å². The van der Waals surface area contributed by atoms with Crippen LogP contribution in [0.15, 0.2) is 0 Å². The summed E-state index contributed by atoms with van der Waals surface area (Å²) in [6, 6.07) is 0. The first-order chi connectivity index (χ1) is 5.15. The van der Waals surface area contributed by atoms with Gasteiger partial charge >= 0.3 is 5.97 Å². The van der Waals surface area contributed by atoms with Gasteiger partial charge in [-0.15, -0.1) is 0 Å². The van der Waals surface area contributed by atoms with Crippen molar-refractivity contribution in [3.05, 3.63) is 0 Å². The van der Waals surface area contributed by atoms with Gasteiger partial charge in [0.1, 0.15) is 0 Å². The first-order valence-electron chi connectivity index (χ1n) is 4.35. The van der Waals surface area contributed by atoms with Crippen molar-refractivity contribution in [2.75, 3.05) is 0 Å². The molecule has 1 fully saturated rings. The Hall–Kier alpha value is -0.530. The van der Waals surface area contributed by atoms with Gasteiger partial charge in [0.2, 0.25) is 0 Å². The Labute approximate surface area is 67.9 Å². The second kappa shape index (κ2) is 3.24. The Bertz CT molecular complexity index is 152. The fraction of sp³-hybridized carbons (Fsp3) is 0.889. The van der Waals surface area contributed by atoms with Crippen LogP contribution in [0.1, 0.15) is 33.6 Å². The summed E-state index contributed by atoms with van der Waals surface area (Å²) < 4.78 is 5.07. The van der Waals surface area contributed by atoms with Crippen molar-refractivity contribution >= 4 is 5.97 Å². The summed E-state index contributed by atoms with van der Waals surface area (Å²) in [6.07, 6.45) is 2.19. The second-order valence-electron chi connectivity index (χ2n) is 3.50. The molecular weight excluding hydrogens is 140 g/mol. The molecule has 1 aliphatic rings. The highest BCUT2D eigenvalue weighted by molar-refractivity contribution is 5.75. The lowest BCUT2D eigenvalue weighted by Gasteiger charge is -2.06. The SMILES string of the molecule is CC[C@@H]1C[C@H]1C(=O)OC(C)C. The van der Waals surface area contributed by atoms with Crippen molar-refractivity contribution in [3.63, 3.8) is 0 Å². The normalized spacial score (nSPS) is 28.7. The smallest absolute Gasteiger partial charge is 0.309 e. The van der Waals surface area contributed by atoms with Gasteiger partial charge in [0.25, 0.3) is 0 Å². The summed E-state index contributed by atoms with van der Waals surface area (Å²) >= 11 is 0. The van der Waals surface area contributed by atoms with Gasteiger partial charge in [-0.25, -0.2) is 0 Å². The molecule has 64 valence electrons. The number of carbonyl (C=O) groups excluding carboxylic acids is 1. The van der Waals surface area contributed by atoms with Gasteiger partial charge in [-0.1, -0.05) is 13.3 Å². The maximum absolute atomic E-state index is 11.2. The highest BCUT2D eigenvalue weighted by Crippen LogP contribution is 2.41. The van der Waals surface area contributed by atoms with Gasteiger partial charge in [0.05, 0.1) is 12.0 Å². The van der Waals surface area contributed by atoms with Gasteiger partial charge in [-0.3, -0.25) is 4.79 Å². The first kappa shape index (κ1) is 8.57. The minimum absolute atomic E-state index is 0.00634. The molecule has 11 heavy (non-hydrogen) atoms. The van der Waals surface area contributed by atoms with E-state index in [1.807, 2.05) is 13.8 Å². The monoisotopic (exact) mass is 156 g/mol. The second-order valence-corrected chi connectivity index (χ2v) is 3.50. The summed E-state index contributed by atoms with van der Waals surface area (Å²) in [5.74, 6) is 0.843. The third-order valence-electron chi connectivity index (χ3n) is 2.10. The molecule has 2 atom stereocenters. The van der Waals surface area contributed by atoms with Crippen molar-refractivity contribution < 1.29 is 9.53 Å². The van der Waals surface area contributed by atoms with E-state index < -0.39 is 0 Å². The average molecular weight is 156 g/mol. The van der Waals surface area contributed by atoms with Crippen LogP contribution in [-0.4, -0.2) is 12.1 Å². The standard InChI is InChI=1S/C9H16O2/c1-4-7-5-8(7)9(10)11-6(2)3/h6-8H,4-5H2,1-3H3/t7-,8-/m1/s1. The summed E-state index contributed by atoms with van der Waals surface area (Å²) in [5, 5.41) is 0. The minimum Gasteiger partial charge on any atom is -0.463 e. The Balaban J connectivity index is 2.23. The Morgan fingerprint density at radius 1 is 1.64 bits per heavy atom. The van der Waals surface area contributed by atoms with Gasteiger partial charge in [-0.05, 0) is 26.2 Å². The van der Waals surface area contributed by atoms with Gasteiger partial charge in [0.15, 0.2) is 0 Å². The molecule has 0 bridgehead atoms. The molecule has 0 N–H and O–H groups in total. The maximum Gasteiger partial charge on any atom is 0.309 e. The first-order valence-corrected chi connectivity index (χ1v) is 4.35. The zero-order valence-electron chi connectivity index (χ0n) is 7.46. The lowest BCUT2D eigenvalue weighted by atomic mass is 10.2. The van der Waals surface area contributed by atoms with Crippen LogP contribution in [0.2, 0.25) is 0 Å². The number of hydrogen-bond acceptors (Lipinski definition) is 2. The van der Waals surface area contributed by atoms with E-state index in [1.54, 1.807) is 0 Å². The molecule has 0 aromatic heterocycles. The van der Waals surface area contributed by atoms with Crippen LogP contribution in [0.3, 0.4) is 0 Å². The Kier molecular flexibility index (Phi) is 2.53. The topological polar surface area (TPSA) is 26.3 Å². The predicted octanol–water partition coefficient (Wildman–Crippen LogP) is 1.98. The van der Waals surface area contributed by atoms with Crippen molar-refractivity contribution in [1.29, 1.82) is 0 Å². The van der Waals surface area contributed by atoms with E-state index >= 15 is 0 Å². The van der Waals surface area contributed by atoms with Gasteiger partial charge in [0, 0.05) is 0 Å². The molecule has 0 aliphatic heterocycles. The number of rotatable bonds is 3. The fourth-order valence-corrected chi connectivity index (χ4v) is 1.31. The molecule has 1 saturated carbocycles. The quantitative estimate of drug-likeness (QED) is 0.584. The number of hydrogen-bond donors (Lipinski definition) is 0. The third kappa shape index (κ3) is 2.21. The predicted molar refractivity (Wildman–Crippen MR) is 43.1 cm³/mol. The van der Waals surface area contributed by atoms with Crippen LogP contribution in [0, 0.1) is 11.8 Å². The summed E-state index contributed by atoms with van der Waals surface area (Å²) in [4.78, 5) is 11.2. The van der Waals surface area contributed by atoms with Crippen LogP contribution >= 0.6 is 0 Å². The molecular formula is C9H16O2. The zero-order chi connectivity index (χ0) is 8.43. The zero-order valence-corrected chi connectivity index (χ0v) is 7.46. The van der Waals surface area contributed by atoms with E-state index in [-0.39, 0.29) is 18.0 Å². The Morgan fingerprint density at radius 3 is 2.64 bits per heavy atom. The van der Waals surface area contributed by atoms with Gasteiger partial charge in [-0.2, -0.15) is 0 Å². The Morgan fingerprint density at radius 2 is 2.27 bits per heavy atom. The molecule has 2 heteroatoms. The molecule has 0 spiro atoms. The van der Waals surface area contributed by atoms with Crippen LogP contribution in [0.4, 0.5) is 0 Å². The molecule has 1 aliphatic carbocycles. The van der Waals surface area contributed by atoms with E-state index in [2.05, 4.69) is 6.92 Å². The summed E-state index contributed by atoms with van der Waals surface area (Å²) in [7, 11) is 0. The van der Waals surface area contributed by atoms with E-state index in [4.69, 9.17) is 4.74 Å². The molecule has 2 nitrogen and oxygen atoms in total. The van der Waals surface area contributed by atoms with Crippen molar-refractivity contribution in [3.8, 4) is 0 Å². The van der Waals surface area contributed by atoms with Crippen molar-refractivity contribution in [2.24, 2.45) is 11.8 Å². The lowest BCUT2D eigenvalue weighted by molar-refractivity contribution is -0.149. The molecule has 0 unspecified atom stereocenters. The molecule has 0 radical (unpaired) electrons. The van der Waals surface area contributed by atoms with Crippen LogP contribution in [0.5, 0.6) is 0 Å². The van der Waals surface area contributed by atoms with E-state index in [0.29, 0.717) is 5.92 Å². The van der Waals surface area contributed by atoms with E-state index in [9.17, 15) is 4.79 Å². The summed E-state index contributed by atoms with van der Waals surface area (Å²) in [5.41, 5.74) is 0. The largest absolute Gasteiger partial charge is 0.463 e. The van der Waals surface area contributed by atoms with Gasteiger partial charge < -0.3 is 4.74 Å². The van der Waals surface area contributed by atoms with Crippen LogP contribution in [-0.2, 0) is 9.53 Å². The van der Waals surface area contributed by atoms with Crippen molar-refractivity contribution in [1.82, 2.24) is 0 Å². The molecule has 0 amide bonds. The summed E-state index contributed by atoms with van der Waals surface area (Å²) in [6.45, 7) is 5.90. The molecule has 0 heterocycles. The minimum atomic E-state index is 0.00634. The van der Waals surface area contributed by atoms with Crippen LogP contribution in [0.25, 0.3) is 0 Å². The molecule has 0 aromatic carbocycles. The fourth-order valence-electron chi connectivity index (χ4n) is 1.31. The molecule has 1 rings (SSSR count). The number of esters is 1.